The van der Waals surface area contributed by atoms with Crippen molar-refractivity contribution in [3.63, 3.8) is 0 Å². The monoisotopic (exact) mass is 876 g/mol. The predicted octanol–water partition coefficient (Wildman–Crippen LogP) is -20.6. The molecular weight excluding hydrogens is 871 g/mol. The van der Waals surface area contributed by atoms with E-state index in [0.29, 0.717) is 0 Å². The number of fused-ring (bicyclic) bond motifs is 8. The molecule has 1 nitrogen and oxygen atoms in total. The van der Waals surface area contributed by atoms with Gasteiger partial charge in [-0.2, -0.15) is 0 Å². The second kappa shape index (κ2) is 18.1. The average Bonchev–Trinajstić information content (AvgIpc) is 3.79. The van der Waals surface area contributed by atoms with Gasteiger partial charge in [0, 0.05) is 16.2 Å². The third-order valence-electron chi connectivity index (χ3n) is 14.7. The SMILES string of the molecule is [B]c1c([B])c([B])c(-c2c([B])c(-c3c4c([B])c([B])c([B])c([B])c4c(-c4c([B])c([B])c5oc6c7c([B])c([B])c([B])c([B])c7c([B])c([B])c6c5c4[B])c4c([B])c([B])c([B])c([B])c34)c3c([B])c([B])c([B])c([B])c3c2[B])c([B])c1[B]. The highest BCUT2D eigenvalue weighted by molar-refractivity contribution is 6.78. The van der Waals surface area contributed by atoms with Crippen LogP contribution in [0.15, 0.2) is 4.42 Å². The van der Waals surface area contributed by atoms with Gasteiger partial charge in [-0.3, -0.25) is 0 Å². The van der Waals surface area contributed by atoms with Gasteiger partial charge < -0.3 is 4.42 Å². The first-order valence-electron chi connectivity index (χ1n) is 22.0. The lowest BCUT2D eigenvalue weighted by atomic mass is 9.55. The van der Waals surface area contributed by atoms with Crippen LogP contribution in [0.5, 0.6) is 0 Å². The molecule has 0 atom stereocenters. The lowest BCUT2D eigenvalue weighted by Gasteiger charge is -2.33. The van der Waals surface area contributed by atoms with E-state index in [1.54, 1.807) is 0 Å². The molecule has 0 saturated carbocycles. The van der Waals surface area contributed by atoms with E-state index in [-0.39, 0.29) is 251 Å². The molecule has 29 heteroatoms. The summed E-state index contributed by atoms with van der Waals surface area (Å²) in [7, 11) is 191. The van der Waals surface area contributed by atoms with Gasteiger partial charge in [0.15, 0.2) is 0 Å². The summed E-state index contributed by atoms with van der Waals surface area (Å²) in [5, 5.41) is 0.160. The fraction of sp³-hybridized carbons (Fsp3) is 0. The number of benzene rings is 9. The average molecular weight is 871 g/mol. The lowest BCUT2D eigenvalue weighted by Crippen LogP contribution is -2.56. The molecule has 0 aliphatic rings. The van der Waals surface area contributed by atoms with Gasteiger partial charge in [-0.25, -0.2) is 0 Å². The molecule has 75 heavy (non-hydrogen) atoms. The quantitative estimate of drug-likeness (QED) is 0.127. The highest BCUT2D eigenvalue weighted by Crippen LogP contribution is 2.42. The van der Waals surface area contributed by atoms with Crippen molar-refractivity contribution < 1.29 is 4.42 Å². The van der Waals surface area contributed by atoms with Crippen molar-refractivity contribution >= 4 is 438 Å². The van der Waals surface area contributed by atoms with Crippen LogP contribution in [0.25, 0.3) is 98.4 Å². The van der Waals surface area contributed by atoms with Crippen LogP contribution in [-0.4, -0.2) is 220 Å². The zero-order chi connectivity index (χ0) is 55.3. The molecule has 0 amide bonds. The highest BCUT2D eigenvalue weighted by atomic mass is 16.3. The molecule has 0 spiro atoms. The summed E-state index contributed by atoms with van der Waals surface area (Å²) >= 11 is 0. The van der Waals surface area contributed by atoms with Crippen LogP contribution in [-0.2, 0) is 0 Å². The maximum Gasteiger partial charge on any atom is 0.141 e. The van der Waals surface area contributed by atoms with E-state index in [2.05, 4.69) is 0 Å². The molecule has 56 radical (unpaired) electrons. The van der Waals surface area contributed by atoms with Crippen molar-refractivity contribution in [3.8, 4) is 33.4 Å². The summed E-state index contributed by atoms with van der Waals surface area (Å²) in [6, 6.07) is 0. The van der Waals surface area contributed by atoms with Crippen molar-refractivity contribution in [2.24, 2.45) is 0 Å². The van der Waals surface area contributed by atoms with E-state index in [1.165, 1.54) is 0 Å². The Labute approximate surface area is 472 Å². The zero-order valence-corrected chi connectivity index (χ0v) is 39.6. The van der Waals surface area contributed by atoms with Crippen LogP contribution in [0.2, 0.25) is 0 Å². The van der Waals surface area contributed by atoms with Crippen LogP contribution in [0.4, 0.5) is 0 Å². The molecule has 10 rings (SSSR count). The fourth-order valence-corrected chi connectivity index (χ4v) is 10.7. The summed E-state index contributed by atoms with van der Waals surface area (Å²) < 4.78 is 6.49. The van der Waals surface area contributed by atoms with Gasteiger partial charge in [-0.05, 0) is 71.1 Å². The minimum atomic E-state index is -0.258. The molecule has 0 unspecified atom stereocenters. The number of furan rings is 1. The molecule has 1 heterocycles. The molecule has 0 bridgehead atoms. The van der Waals surface area contributed by atoms with Crippen molar-refractivity contribution in [2.45, 2.75) is 0 Å². The van der Waals surface area contributed by atoms with Crippen molar-refractivity contribution in [1.82, 2.24) is 0 Å². The Kier molecular flexibility index (Phi) is 13.0. The number of rotatable bonds is 3. The maximum atomic E-state index is 7.47. The van der Waals surface area contributed by atoms with Gasteiger partial charge in [0.25, 0.3) is 0 Å². The van der Waals surface area contributed by atoms with Crippen LogP contribution in [0.3, 0.4) is 0 Å². The Hall–Kier alpha value is -4.36. The zero-order valence-electron chi connectivity index (χ0n) is 39.6. The summed E-state index contributed by atoms with van der Waals surface area (Å²) in [4.78, 5) is 0. The lowest BCUT2D eigenvalue weighted by molar-refractivity contribution is 0.676. The summed E-state index contributed by atoms with van der Waals surface area (Å²) in [6.45, 7) is 0. The molecule has 274 valence electrons. The molecular formula is C46B28O. The first kappa shape index (κ1) is 54.0. The summed E-state index contributed by atoms with van der Waals surface area (Å²) in [5.74, 6) is 0. The second-order valence-electron chi connectivity index (χ2n) is 18.3. The first-order chi connectivity index (χ1) is 35.0. The Balaban J connectivity index is 1.55. The van der Waals surface area contributed by atoms with Crippen molar-refractivity contribution in [1.29, 1.82) is 0 Å². The van der Waals surface area contributed by atoms with Gasteiger partial charge >= 0.3 is 0 Å². The standard InChI is InChI=1S/C46B28O/c47-17-3(8-10(26(56)38(68)37(67)24(8)54)18(48)11(17)12-27(57)40(70)43(73)41(71)28(12)58)1-4-6(22(52)35(65)33(63)20(4)50)2(7-5(1)21(51)34(64)36(66)23(7)53)9-19(49)15-16-31(61)25(55)13-14(32(62)42(72)39(69)29(13)59)45(16)75-46(15)44(74)30(9)60. The third-order valence-corrected chi connectivity index (χ3v) is 14.7. The Morgan fingerprint density at radius 3 is 0.720 bits per heavy atom. The highest BCUT2D eigenvalue weighted by Gasteiger charge is 2.32. The van der Waals surface area contributed by atoms with E-state index >= 15 is 0 Å². The minimum absolute atomic E-state index is 0.00772. The summed E-state index contributed by atoms with van der Waals surface area (Å²) in [6.07, 6.45) is 0. The van der Waals surface area contributed by atoms with Crippen LogP contribution < -0.4 is 153 Å². The molecule has 0 aliphatic carbocycles. The topological polar surface area (TPSA) is 13.1 Å². The molecule has 9 aromatic carbocycles. The van der Waals surface area contributed by atoms with Gasteiger partial charge in [-0.1, -0.05) is 92.9 Å². The predicted molar refractivity (Wildman–Crippen MR) is 351 cm³/mol. The van der Waals surface area contributed by atoms with Gasteiger partial charge in [0.05, 0.1) is 0 Å². The molecule has 10 aromatic rings. The van der Waals surface area contributed by atoms with Crippen LogP contribution >= 0.6 is 0 Å². The first-order valence-corrected chi connectivity index (χ1v) is 22.0. The molecule has 0 aliphatic heterocycles. The van der Waals surface area contributed by atoms with E-state index in [4.69, 9.17) is 224 Å². The number of hydrogen-bond donors (Lipinski definition) is 0. The second-order valence-corrected chi connectivity index (χ2v) is 18.3. The largest absolute Gasteiger partial charge is 0.456 e. The van der Waals surface area contributed by atoms with Crippen LogP contribution in [0, 0.1) is 0 Å². The van der Waals surface area contributed by atoms with Gasteiger partial charge in [0.2, 0.25) is 0 Å². The minimum Gasteiger partial charge on any atom is -0.456 e. The van der Waals surface area contributed by atoms with Crippen LogP contribution in [0.1, 0.15) is 0 Å². The molecule has 0 fully saturated rings. The third kappa shape index (κ3) is 6.85. The molecule has 1 aromatic heterocycles. The van der Waals surface area contributed by atoms with Crippen molar-refractivity contribution in [2.75, 3.05) is 0 Å². The fourth-order valence-electron chi connectivity index (χ4n) is 10.7. The van der Waals surface area contributed by atoms with Gasteiger partial charge in [-0.15, -0.1) is 60.1 Å². The van der Waals surface area contributed by atoms with Gasteiger partial charge in [0.1, 0.15) is 231 Å². The Morgan fingerprint density at radius 2 is 0.320 bits per heavy atom. The normalized spacial score (nSPS) is 11.9. The van der Waals surface area contributed by atoms with Crippen molar-refractivity contribution in [3.05, 3.63) is 0 Å². The number of hydrogen-bond acceptors (Lipinski definition) is 1. The Bertz CT molecular complexity index is 4330. The van der Waals surface area contributed by atoms with E-state index in [0.717, 1.165) is 0 Å². The van der Waals surface area contributed by atoms with E-state index < -0.39 is 0 Å². The summed E-state index contributed by atoms with van der Waals surface area (Å²) in [5.41, 5.74) is -5.29. The van der Waals surface area contributed by atoms with E-state index in [1.807, 2.05) is 0 Å². The molecule has 0 saturated heterocycles. The Morgan fingerprint density at radius 1 is 0.120 bits per heavy atom. The maximum absolute atomic E-state index is 7.47. The van der Waals surface area contributed by atoms with E-state index in [9.17, 15) is 0 Å². The molecule has 0 N–H and O–H groups in total. The smallest absolute Gasteiger partial charge is 0.141 e.